The highest BCUT2D eigenvalue weighted by Gasteiger charge is 2.25. The van der Waals surface area contributed by atoms with E-state index >= 15 is 0 Å². The zero-order valence-electron chi connectivity index (χ0n) is 13.0. The van der Waals surface area contributed by atoms with Gasteiger partial charge in [0.25, 0.3) is 0 Å². The summed E-state index contributed by atoms with van der Waals surface area (Å²) in [6.45, 7) is 2.16. The average molecular weight is 295 g/mol. The van der Waals surface area contributed by atoms with Crippen LogP contribution in [0.2, 0.25) is 0 Å². The number of hydrogen-bond donors (Lipinski definition) is 2. The van der Waals surface area contributed by atoms with Crippen molar-refractivity contribution in [3.05, 3.63) is 47.5 Å². The fourth-order valence-corrected chi connectivity index (χ4v) is 2.71. The normalized spacial score (nSPS) is 17.1. The molecule has 1 unspecified atom stereocenters. The van der Waals surface area contributed by atoms with Crippen molar-refractivity contribution < 1.29 is 0 Å². The van der Waals surface area contributed by atoms with Crippen molar-refractivity contribution in [1.82, 2.24) is 9.88 Å². The third kappa shape index (κ3) is 2.44. The molecule has 1 atom stereocenters. The van der Waals surface area contributed by atoms with E-state index in [9.17, 15) is 0 Å². The lowest BCUT2D eigenvalue weighted by molar-refractivity contribution is 0.374. The van der Waals surface area contributed by atoms with Gasteiger partial charge in [0.05, 0.1) is 5.69 Å². The molecule has 4 N–H and O–H groups in total. The third-order valence-corrected chi connectivity index (χ3v) is 3.99. The van der Waals surface area contributed by atoms with Gasteiger partial charge in [-0.1, -0.05) is 43.7 Å². The van der Waals surface area contributed by atoms with Gasteiger partial charge in [0.1, 0.15) is 6.17 Å². The quantitative estimate of drug-likeness (QED) is 0.912. The first-order valence-corrected chi connectivity index (χ1v) is 7.53. The molecular formula is C17H21N5. The minimum atomic E-state index is -0.305. The Balaban J connectivity index is 2.19. The molecule has 0 bridgehead atoms. The lowest BCUT2D eigenvalue weighted by Gasteiger charge is -2.31. The molecule has 0 spiro atoms. The van der Waals surface area contributed by atoms with Crippen LogP contribution in [0.25, 0.3) is 11.3 Å². The van der Waals surface area contributed by atoms with Crippen LogP contribution in [0.4, 0.5) is 5.82 Å². The van der Waals surface area contributed by atoms with E-state index in [0.29, 0.717) is 11.8 Å². The predicted molar refractivity (Wildman–Crippen MR) is 89.6 cm³/mol. The van der Waals surface area contributed by atoms with Gasteiger partial charge in [0, 0.05) is 18.2 Å². The number of guanidine groups is 1. The van der Waals surface area contributed by atoms with Crippen LogP contribution in [0.1, 0.15) is 30.6 Å². The topological polar surface area (TPSA) is 80.5 Å². The summed E-state index contributed by atoms with van der Waals surface area (Å²) in [4.78, 5) is 10.9. The van der Waals surface area contributed by atoms with Gasteiger partial charge < -0.3 is 16.4 Å². The predicted octanol–water partition coefficient (Wildman–Crippen LogP) is 2.55. The molecule has 0 fully saturated rings. The maximum Gasteiger partial charge on any atom is 0.199 e. The van der Waals surface area contributed by atoms with Crippen LogP contribution in [-0.2, 0) is 6.42 Å². The number of fused-ring (bicyclic) bond motifs is 1. The van der Waals surface area contributed by atoms with Crippen LogP contribution in [0.5, 0.6) is 0 Å². The fourth-order valence-electron chi connectivity index (χ4n) is 2.71. The summed E-state index contributed by atoms with van der Waals surface area (Å²) in [6, 6.07) is 12.3. The SMILES string of the molecule is CCCc1cc2c(nc1-c1ccccc1)N=C(N)N(C)C2N. The van der Waals surface area contributed by atoms with Gasteiger partial charge in [-0.2, -0.15) is 4.99 Å². The first-order chi connectivity index (χ1) is 10.6. The van der Waals surface area contributed by atoms with E-state index in [-0.39, 0.29) is 6.17 Å². The molecule has 0 amide bonds. The van der Waals surface area contributed by atoms with Crippen LogP contribution in [0, 0.1) is 0 Å². The molecule has 3 rings (SSSR count). The number of rotatable bonds is 3. The molecule has 0 saturated heterocycles. The lowest BCUT2D eigenvalue weighted by Crippen LogP contribution is -2.43. The van der Waals surface area contributed by atoms with E-state index in [1.807, 2.05) is 25.2 Å². The molecule has 1 aliphatic heterocycles. The van der Waals surface area contributed by atoms with Crippen LogP contribution in [0.15, 0.2) is 41.4 Å². The van der Waals surface area contributed by atoms with Crippen molar-refractivity contribution in [3.8, 4) is 11.3 Å². The van der Waals surface area contributed by atoms with E-state index in [1.54, 1.807) is 4.90 Å². The standard InChI is InChI=1S/C17H21N5/c1-3-7-12-10-13-15(18)22(2)17(19)21-16(13)20-14(12)11-8-5-4-6-9-11/h4-6,8-10,15H,3,7,18H2,1-2H3,(H2,19,20,21). The molecule has 0 radical (unpaired) electrons. The van der Waals surface area contributed by atoms with Gasteiger partial charge in [0.15, 0.2) is 11.8 Å². The van der Waals surface area contributed by atoms with E-state index in [2.05, 4.69) is 30.1 Å². The molecule has 0 aliphatic carbocycles. The second-order valence-electron chi connectivity index (χ2n) is 5.55. The van der Waals surface area contributed by atoms with Gasteiger partial charge >= 0.3 is 0 Å². The first-order valence-electron chi connectivity index (χ1n) is 7.53. The Bertz CT molecular complexity index is 708. The van der Waals surface area contributed by atoms with Gasteiger partial charge in [-0.15, -0.1) is 0 Å². The Labute approximate surface area is 130 Å². The largest absolute Gasteiger partial charge is 0.369 e. The van der Waals surface area contributed by atoms with Crippen molar-refractivity contribution in [3.63, 3.8) is 0 Å². The van der Waals surface area contributed by atoms with Gasteiger partial charge in [0.2, 0.25) is 0 Å². The van der Waals surface area contributed by atoms with Gasteiger partial charge in [-0.05, 0) is 18.1 Å². The number of aliphatic imine (C=N–C) groups is 1. The Morgan fingerprint density at radius 3 is 2.64 bits per heavy atom. The summed E-state index contributed by atoms with van der Waals surface area (Å²) in [5, 5.41) is 0. The first kappa shape index (κ1) is 14.5. The number of benzene rings is 1. The molecule has 22 heavy (non-hydrogen) atoms. The second-order valence-corrected chi connectivity index (χ2v) is 5.55. The highest BCUT2D eigenvalue weighted by molar-refractivity contribution is 5.84. The fraction of sp³-hybridized carbons (Fsp3) is 0.294. The number of nitrogens with two attached hydrogens (primary N) is 2. The summed E-state index contributed by atoms with van der Waals surface area (Å²) in [5.74, 6) is 1.02. The molecular weight excluding hydrogens is 274 g/mol. The molecule has 1 aromatic carbocycles. The molecule has 5 nitrogen and oxygen atoms in total. The molecule has 0 saturated carbocycles. The number of hydrogen-bond acceptors (Lipinski definition) is 5. The summed E-state index contributed by atoms with van der Waals surface area (Å²) >= 11 is 0. The number of nitrogens with zero attached hydrogens (tertiary/aromatic N) is 3. The van der Waals surface area contributed by atoms with E-state index in [4.69, 9.17) is 16.5 Å². The third-order valence-electron chi connectivity index (χ3n) is 3.99. The molecule has 1 aliphatic rings. The summed E-state index contributed by atoms with van der Waals surface area (Å²) < 4.78 is 0. The second kappa shape index (κ2) is 5.77. The van der Waals surface area contributed by atoms with Crippen molar-refractivity contribution in [2.75, 3.05) is 7.05 Å². The molecule has 2 aromatic rings. The maximum atomic E-state index is 6.26. The number of pyridine rings is 1. The summed E-state index contributed by atoms with van der Waals surface area (Å²) in [6.07, 6.45) is 1.71. The summed E-state index contributed by atoms with van der Waals surface area (Å²) in [7, 11) is 1.84. The Morgan fingerprint density at radius 1 is 1.23 bits per heavy atom. The van der Waals surface area contributed by atoms with E-state index in [0.717, 1.165) is 29.7 Å². The number of aryl methyl sites for hydroxylation is 1. The zero-order valence-corrected chi connectivity index (χ0v) is 13.0. The van der Waals surface area contributed by atoms with Crippen molar-refractivity contribution in [1.29, 1.82) is 0 Å². The highest BCUT2D eigenvalue weighted by atomic mass is 15.3. The Hall–Kier alpha value is -2.40. The van der Waals surface area contributed by atoms with Crippen molar-refractivity contribution >= 4 is 11.8 Å². The van der Waals surface area contributed by atoms with E-state index in [1.165, 1.54) is 5.56 Å². The van der Waals surface area contributed by atoms with Crippen LogP contribution in [0.3, 0.4) is 0 Å². The average Bonchev–Trinajstić information content (AvgIpc) is 2.54. The Morgan fingerprint density at radius 2 is 1.95 bits per heavy atom. The minimum Gasteiger partial charge on any atom is -0.369 e. The smallest absolute Gasteiger partial charge is 0.199 e. The maximum absolute atomic E-state index is 6.26. The molecule has 2 heterocycles. The zero-order chi connectivity index (χ0) is 15.7. The van der Waals surface area contributed by atoms with Crippen LogP contribution < -0.4 is 11.5 Å². The van der Waals surface area contributed by atoms with E-state index < -0.39 is 0 Å². The Kier molecular flexibility index (Phi) is 3.81. The van der Waals surface area contributed by atoms with Gasteiger partial charge in [-0.25, -0.2) is 4.98 Å². The van der Waals surface area contributed by atoms with Crippen molar-refractivity contribution in [2.24, 2.45) is 16.5 Å². The minimum absolute atomic E-state index is 0.305. The highest BCUT2D eigenvalue weighted by Crippen LogP contribution is 2.34. The van der Waals surface area contributed by atoms with Crippen LogP contribution >= 0.6 is 0 Å². The lowest BCUT2D eigenvalue weighted by atomic mass is 9.99. The van der Waals surface area contributed by atoms with Gasteiger partial charge in [-0.3, -0.25) is 0 Å². The molecule has 5 heteroatoms. The molecule has 1 aromatic heterocycles. The number of aromatic nitrogens is 1. The van der Waals surface area contributed by atoms with Crippen LogP contribution in [-0.4, -0.2) is 22.9 Å². The summed E-state index contributed by atoms with van der Waals surface area (Å²) in [5.41, 5.74) is 16.4. The monoisotopic (exact) mass is 295 g/mol. The molecule has 114 valence electrons. The van der Waals surface area contributed by atoms with Crippen molar-refractivity contribution in [2.45, 2.75) is 25.9 Å².